The van der Waals surface area contributed by atoms with E-state index >= 15 is 0 Å². The summed E-state index contributed by atoms with van der Waals surface area (Å²) in [4.78, 5) is 15.6. The molecule has 1 aromatic carbocycles. The average Bonchev–Trinajstić information content (AvgIpc) is 3.30. The van der Waals surface area contributed by atoms with E-state index in [2.05, 4.69) is 32.6 Å². The first kappa shape index (κ1) is 15.2. The number of amides is 1. The zero-order chi connectivity index (χ0) is 15.1. The molecule has 0 heterocycles. The van der Waals surface area contributed by atoms with Crippen molar-refractivity contribution < 1.29 is 9.53 Å². The molecule has 0 unspecified atom stereocenters. The number of ether oxygens (including phenoxy) is 1. The van der Waals surface area contributed by atoms with Crippen molar-refractivity contribution >= 4 is 17.7 Å². The third kappa shape index (κ3) is 5.33. The van der Waals surface area contributed by atoms with E-state index in [9.17, 15) is 4.79 Å². The van der Waals surface area contributed by atoms with Crippen molar-refractivity contribution in [2.75, 3.05) is 19.0 Å². The number of hydrogen-bond donors (Lipinski definition) is 3. The molecule has 0 bridgehead atoms. The molecule has 1 fully saturated rings. The number of anilines is 1. The lowest BCUT2D eigenvalue weighted by molar-refractivity contribution is 0.187. The van der Waals surface area contributed by atoms with Crippen LogP contribution in [0.3, 0.4) is 0 Å². The van der Waals surface area contributed by atoms with Crippen molar-refractivity contribution in [1.82, 2.24) is 10.6 Å². The number of rotatable bonds is 5. The van der Waals surface area contributed by atoms with E-state index in [0.29, 0.717) is 18.3 Å². The summed E-state index contributed by atoms with van der Waals surface area (Å²) in [6.45, 7) is 3.50. The molecule has 0 atom stereocenters. The third-order valence-electron chi connectivity index (χ3n) is 3.07. The Balaban J connectivity index is 1.90. The molecular formula is C15H22N4O2. The summed E-state index contributed by atoms with van der Waals surface area (Å²) in [7, 11) is 1.34. The molecule has 6 nitrogen and oxygen atoms in total. The van der Waals surface area contributed by atoms with E-state index in [1.807, 2.05) is 24.3 Å². The SMILES string of the molecule is CCNC(=NCc1ccc(NC(=O)OC)cc1)NC1CC1. The molecule has 0 radical (unpaired) electrons. The largest absolute Gasteiger partial charge is 0.453 e. The number of nitrogens with one attached hydrogen (secondary N) is 3. The molecule has 0 spiro atoms. The summed E-state index contributed by atoms with van der Waals surface area (Å²) in [5.74, 6) is 0.858. The molecule has 1 saturated carbocycles. The van der Waals surface area contributed by atoms with Crippen LogP contribution in [0.2, 0.25) is 0 Å². The molecule has 3 N–H and O–H groups in total. The minimum Gasteiger partial charge on any atom is -0.453 e. The third-order valence-corrected chi connectivity index (χ3v) is 3.07. The molecule has 1 aromatic rings. The molecule has 0 aliphatic heterocycles. The fraction of sp³-hybridized carbons (Fsp3) is 0.467. The highest BCUT2D eigenvalue weighted by atomic mass is 16.5. The number of nitrogens with zero attached hydrogens (tertiary/aromatic N) is 1. The van der Waals surface area contributed by atoms with Crippen LogP contribution in [-0.2, 0) is 11.3 Å². The first-order chi connectivity index (χ1) is 10.2. The number of guanidine groups is 1. The van der Waals surface area contributed by atoms with Gasteiger partial charge in [-0.15, -0.1) is 0 Å². The monoisotopic (exact) mass is 290 g/mol. The van der Waals surface area contributed by atoms with Crippen LogP contribution in [0.1, 0.15) is 25.3 Å². The van der Waals surface area contributed by atoms with Gasteiger partial charge < -0.3 is 15.4 Å². The van der Waals surface area contributed by atoms with E-state index in [1.54, 1.807) is 0 Å². The van der Waals surface area contributed by atoms with Gasteiger partial charge in [0.05, 0.1) is 13.7 Å². The predicted molar refractivity (Wildman–Crippen MR) is 83.4 cm³/mol. The van der Waals surface area contributed by atoms with Gasteiger partial charge >= 0.3 is 6.09 Å². The molecule has 6 heteroatoms. The van der Waals surface area contributed by atoms with Crippen LogP contribution >= 0.6 is 0 Å². The molecule has 21 heavy (non-hydrogen) atoms. The second kappa shape index (κ2) is 7.52. The smallest absolute Gasteiger partial charge is 0.411 e. The maximum atomic E-state index is 11.1. The lowest BCUT2D eigenvalue weighted by Gasteiger charge is -2.10. The normalized spacial score (nSPS) is 14.5. The Morgan fingerprint density at radius 3 is 2.62 bits per heavy atom. The Morgan fingerprint density at radius 2 is 2.05 bits per heavy atom. The number of benzene rings is 1. The van der Waals surface area contributed by atoms with E-state index in [0.717, 1.165) is 18.1 Å². The van der Waals surface area contributed by atoms with E-state index < -0.39 is 6.09 Å². The van der Waals surface area contributed by atoms with Gasteiger partial charge in [-0.3, -0.25) is 5.32 Å². The highest BCUT2D eigenvalue weighted by Gasteiger charge is 2.21. The second-order valence-corrected chi connectivity index (χ2v) is 4.93. The summed E-state index contributed by atoms with van der Waals surface area (Å²) in [6.07, 6.45) is 1.97. The van der Waals surface area contributed by atoms with Crippen molar-refractivity contribution in [3.63, 3.8) is 0 Å². The van der Waals surface area contributed by atoms with Gasteiger partial charge in [-0.25, -0.2) is 9.79 Å². The zero-order valence-electron chi connectivity index (χ0n) is 12.5. The molecule has 1 amide bonds. The maximum absolute atomic E-state index is 11.1. The zero-order valence-corrected chi connectivity index (χ0v) is 12.5. The summed E-state index contributed by atoms with van der Waals surface area (Å²) in [5, 5.41) is 9.22. The van der Waals surface area contributed by atoms with Crippen LogP contribution in [0, 0.1) is 0 Å². The van der Waals surface area contributed by atoms with Gasteiger partial charge in [0.1, 0.15) is 0 Å². The van der Waals surface area contributed by atoms with Gasteiger partial charge in [0.2, 0.25) is 0 Å². The Morgan fingerprint density at radius 1 is 1.33 bits per heavy atom. The topological polar surface area (TPSA) is 74.8 Å². The van der Waals surface area contributed by atoms with Crippen molar-refractivity contribution in [3.8, 4) is 0 Å². The van der Waals surface area contributed by atoms with Gasteiger partial charge in [-0.1, -0.05) is 12.1 Å². The van der Waals surface area contributed by atoms with Crippen LogP contribution in [-0.4, -0.2) is 31.7 Å². The maximum Gasteiger partial charge on any atom is 0.411 e. The number of aliphatic imine (C=N–C) groups is 1. The lowest BCUT2D eigenvalue weighted by Crippen LogP contribution is -2.38. The molecule has 0 aromatic heterocycles. The lowest BCUT2D eigenvalue weighted by atomic mass is 10.2. The number of carbonyl (C=O) groups is 1. The van der Waals surface area contributed by atoms with Gasteiger partial charge in [0.15, 0.2) is 5.96 Å². The minimum atomic E-state index is -0.469. The summed E-state index contributed by atoms with van der Waals surface area (Å²) < 4.78 is 4.54. The number of methoxy groups -OCH3 is 1. The predicted octanol–water partition coefficient (Wildman–Crippen LogP) is 2.08. The minimum absolute atomic E-state index is 0.469. The van der Waals surface area contributed by atoms with Gasteiger partial charge in [0.25, 0.3) is 0 Å². The Bertz CT molecular complexity index is 495. The van der Waals surface area contributed by atoms with Gasteiger partial charge in [-0.2, -0.15) is 0 Å². The quantitative estimate of drug-likeness (QED) is 0.573. The average molecular weight is 290 g/mol. The van der Waals surface area contributed by atoms with Crippen LogP contribution in [0.4, 0.5) is 10.5 Å². The summed E-state index contributed by atoms with van der Waals surface area (Å²) >= 11 is 0. The first-order valence-corrected chi connectivity index (χ1v) is 7.20. The van der Waals surface area contributed by atoms with Crippen LogP contribution in [0.5, 0.6) is 0 Å². The summed E-state index contributed by atoms with van der Waals surface area (Å²) in [6, 6.07) is 8.13. The van der Waals surface area contributed by atoms with Crippen LogP contribution < -0.4 is 16.0 Å². The molecular weight excluding hydrogens is 268 g/mol. The highest BCUT2D eigenvalue weighted by Crippen LogP contribution is 2.18. The van der Waals surface area contributed by atoms with Crippen LogP contribution in [0.15, 0.2) is 29.3 Å². The number of carbonyl (C=O) groups excluding carboxylic acids is 1. The van der Waals surface area contributed by atoms with Crippen molar-refractivity contribution in [2.45, 2.75) is 32.4 Å². The van der Waals surface area contributed by atoms with Crippen LogP contribution in [0.25, 0.3) is 0 Å². The van der Waals surface area contributed by atoms with Crippen molar-refractivity contribution in [1.29, 1.82) is 0 Å². The standard InChI is InChI=1S/C15H22N4O2/c1-3-16-14(18-12-8-9-12)17-10-11-4-6-13(7-5-11)19-15(20)21-2/h4-7,12H,3,8-10H2,1-2H3,(H,19,20)(H2,16,17,18). The van der Waals surface area contributed by atoms with E-state index in [4.69, 9.17) is 0 Å². The Labute approximate surface area is 125 Å². The molecule has 0 saturated heterocycles. The fourth-order valence-electron chi connectivity index (χ4n) is 1.77. The Hall–Kier alpha value is -2.24. The van der Waals surface area contributed by atoms with Crippen molar-refractivity contribution in [3.05, 3.63) is 29.8 Å². The van der Waals surface area contributed by atoms with E-state index in [1.165, 1.54) is 20.0 Å². The molecule has 114 valence electrons. The van der Waals surface area contributed by atoms with Crippen molar-refractivity contribution in [2.24, 2.45) is 4.99 Å². The van der Waals surface area contributed by atoms with Gasteiger partial charge in [-0.05, 0) is 37.5 Å². The summed E-state index contributed by atoms with van der Waals surface area (Å²) in [5.41, 5.74) is 1.79. The highest BCUT2D eigenvalue weighted by molar-refractivity contribution is 5.84. The number of hydrogen-bond acceptors (Lipinski definition) is 3. The van der Waals surface area contributed by atoms with E-state index in [-0.39, 0.29) is 0 Å². The molecule has 1 aliphatic rings. The van der Waals surface area contributed by atoms with Gasteiger partial charge in [0, 0.05) is 18.3 Å². The Kier molecular flexibility index (Phi) is 5.43. The second-order valence-electron chi connectivity index (χ2n) is 4.93. The molecule has 1 aliphatic carbocycles. The fourth-order valence-corrected chi connectivity index (χ4v) is 1.77. The first-order valence-electron chi connectivity index (χ1n) is 7.20. The molecule has 2 rings (SSSR count).